The minimum absolute atomic E-state index is 0. The maximum absolute atomic E-state index is 4.93. The zero-order valence-electron chi connectivity index (χ0n) is 75.0. The van der Waals surface area contributed by atoms with Crippen LogP contribution in [-0.2, 0) is 96.2 Å². The predicted octanol–water partition coefficient (Wildman–Crippen LogP) is 38.0. The van der Waals surface area contributed by atoms with Gasteiger partial charge in [-0.1, -0.05) is 351 Å². The normalized spacial score (nSPS) is 25.1. The maximum atomic E-state index is 4.93. The molecular formula is C103H168Cl8Zr4. The Hall–Kier alpha value is 1.43. The monoisotopic (exact) mass is 2040 g/mol. The van der Waals surface area contributed by atoms with E-state index in [0.29, 0.717) is 0 Å². The zero-order chi connectivity index (χ0) is 77.6. The van der Waals surface area contributed by atoms with Gasteiger partial charge >= 0.3 is 151 Å². The molecule has 12 aliphatic rings. The Morgan fingerprint density at radius 3 is 0.852 bits per heavy atom. The summed E-state index contributed by atoms with van der Waals surface area (Å²) in [4.78, 5) is 0. The first-order valence-electron chi connectivity index (χ1n) is 42.6. The molecule has 0 aliphatic heterocycles. The van der Waals surface area contributed by atoms with E-state index in [0.717, 1.165) is 101 Å². The van der Waals surface area contributed by atoms with E-state index in [2.05, 4.69) is 217 Å². The molecule has 0 spiro atoms. The van der Waals surface area contributed by atoms with E-state index in [1.807, 2.05) is 6.08 Å². The minimum atomic E-state index is -0.826. The van der Waals surface area contributed by atoms with Crippen molar-refractivity contribution in [2.24, 2.45) is 101 Å². The van der Waals surface area contributed by atoms with E-state index in [1.54, 1.807) is 0 Å². The quantitative estimate of drug-likeness (QED) is 0.0814. The number of rotatable bonds is 22. The second-order valence-electron chi connectivity index (χ2n) is 32.3. The molecule has 0 bridgehead atoms. The van der Waals surface area contributed by atoms with Gasteiger partial charge in [0.05, 0.1) is 0 Å². The van der Waals surface area contributed by atoms with Crippen LogP contribution in [0.4, 0.5) is 0 Å². The van der Waals surface area contributed by atoms with Crippen LogP contribution in [-0.4, -0.2) is 0 Å². The number of hydrogen-bond donors (Lipinski definition) is 0. The van der Waals surface area contributed by atoms with Crippen molar-refractivity contribution in [3.8, 4) is 0 Å². The van der Waals surface area contributed by atoms with Gasteiger partial charge in [0.25, 0.3) is 0 Å². The van der Waals surface area contributed by atoms with Gasteiger partial charge in [-0.2, -0.15) is 0 Å². The van der Waals surface area contributed by atoms with Gasteiger partial charge in [-0.25, -0.2) is 0 Å². The van der Waals surface area contributed by atoms with E-state index >= 15 is 0 Å². The topological polar surface area (TPSA) is 0 Å². The Labute approximate surface area is 793 Å². The van der Waals surface area contributed by atoms with Crippen LogP contribution < -0.4 is 0 Å². The average molecular weight is 2050 g/mol. The summed E-state index contributed by atoms with van der Waals surface area (Å²) in [6.45, 7) is 20.6. The molecule has 12 aliphatic carbocycles. The van der Waals surface area contributed by atoms with Gasteiger partial charge in [-0.05, 0) is 221 Å². The van der Waals surface area contributed by atoms with Crippen molar-refractivity contribution in [2.75, 3.05) is 0 Å². The molecule has 14 atom stereocenters. The Bertz CT molecular complexity index is 2520. The Kier molecular flexibility index (Phi) is 96.8. The van der Waals surface area contributed by atoms with Gasteiger partial charge in [0.1, 0.15) is 0 Å². The van der Waals surface area contributed by atoms with Crippen LogP contribution in [0.5, 0.6) is 0 Å². The van der Waals surface area contributed by atoms with Gasteiger partial charge in [-0.3, -0.25) is 0 Å². The molecule has 115 heavy (non-hydrogen) atoms. The van der Waals surface area contributed by atoms with Gasteiger partial charge in [-0.15, -0.1) is 19.7 Å². The summed E-state index contributed by atoms with van der Waals surface area (Å²) in [5, 5.41) is 0. The number of halogens is 8. The Morgan fingerprint density at radius 2 is 0.583 bits per heavy atom. The van der Waals surface area contributed by atoms with E-state index in [4.69, 9.17) is 68.1 Å². The summed E-state index contributed by atoms with van der Waals surface area (Å²) in [5.74, 6) is 15.6. The van der Waals surface area contributed by atoms with Gasteiger partial charge < -0.3 is 59.4 Å². The second kappa shape index (κ2) is 87.5. The summed E-state index contributed by atoms with van der Waals surface area (Å²) in [7, 11) is 39.5. The van der Waals surface area contributed by atoms with Crippen molar-refractivity contribution in [3.05, 3.63) is 266 Å². The van der Waals surface area contributed by atoms with Crippen molar-refractivity contribution in [1.29, 1.82) is 0 Å². The SMILES string of the molecule is C1=CC2CCC(CCc3ccccc3)C2C=C1.C1=CC2CCC(CCc3ccccc3)C2C=C1.C=CCC1CCC2C=CC=CC21.C=CCC1CCC2C=CC=CC21.C=CCCC1CCCC1.CCCCC1CCC(C)C1.CCCCC1CCCC1.CCCCC1CCCC1.[CH3-].[CH3-].[CH3-].[CH3-].[CH3-].[CH3-].[CH3-].[CH3-].[Cl][Zr+2][Cl].[Cl][Zr+2][Cl].[Cl][Zr+2][Cl].[Cl][Zr+2][Cl]. The van der Waals surface area contributed by atoms with E-state index in [-0.39, 0.29) is 59.4 Å². The van der Waals surface area contributed by atoms with Crippen LogP contribution in [0.15, 0.2) is 196 Å². The van der Waals surface area contributed by atoms with E-state index in [1.165, 1.54) is 268 Å². The van der Waals surface area contributed by atoms with Gasteiger partial charge in [0.15, 0.2) is 0 Å². The molecule has 14 rings (SSSR count). The molecule has 12 heteroatoms. The summed E-state index contributed by atoms with van der Waals surface area (Å²) in [6.07, 6.45) is 100. The molecule has 0 amide bonds. The summed E-state index contributed by atoms with van der Waals surface area (Å²) < 4.78 is 0. The molecule has 0 radical (unpaired) electrons. The number of allylic oxidation sites excluding steroid dienone is 19. The van der Waals surface area contributed by atoms with Crippen molar-refractivity contribution in [2.45, 2.75) is 285 Å². The van der Waals surface area contributed by atoms with Crippen molar-refractivity contribution in [1.82, 2.24) is 0 Å². The summed E-state index contributed by atoms with van der Waals surface area (Å²) >= 11 is -3.30. The number of aryl methyl sites for hydroxylation is 2. The number of fused-ring (bicyclic) bond motifs is 4. The molecular weight excluding hydrogens is 1890 g/mol. The molecule has 2 aromatic rings. The van der Waals surface area contributed by atoms with Crippen molar-refractivity contribution in [3.63, 3.8) is 0 Å². The fourth-order valence-electron chi connectivity index (χ4n) is 19.2. The molecule has 14 unspecified atom stereocenters. The molecule has 0 aromatic heterocycles. The molecule has 652 valence electrons. The van der Waals surface area contributed by atoms with Crippen LogP contribution >= 0.6 is 68.1 Å². The van der Waals surface area contributed by atoms with Crippen molar-refractivity contribution >= 4 is 68.1 Å². The first-order valence-corrected chi connectivity index (χ1v) is 68.0. The average Bonchev–Trinajstić information content (AvgIpc) is 1.72. The number of benzene rings is 2. The van der Waals surface area contributed by atoms with Crippen LogP contribution in [0.1, 0.15) is 283 Å². The number of unbranched alkanes of at least 4 members (excludes halogenated alkanes) is 3. The molecule has 0 nitrogen and oxygen atoms in total. The Morgan fingerprint density at radius 1 is 0.313 bits per heavy atom. The third kappa shape index (κ3) is 58.4. The van der Waals surface area contributed by atoms with Gasteiger partial charge in [0, 0.05) is 0 Å². The molecule has 0 heterocycles. The third-order valence-electron chi connectivity index (χ3n) is 25.0. The van der Waals surface area contributed by atoms with E-state index in [9.17, 15) is 0 Å². The first kappa shape index (κ1) is 127. The predicted molar refractivity (Wildman–Crippen MR) is 520 cm³/mol. The molecule has 0 N–H and O–H groups in total. The van der Waals surface area contributed by atoms with E-state index < -0.39 is 83.4 Å². The van der Waals surface area contributed by atoms with Crippen LogP contribution in [0.3, 0.4) is 0 Å². The third-order valence-corrected chi connectivity index (χ3v) is 25.0. The van der Waals surface area contributed by atoms with Gasteiger partial charge in [0.2, 0.25) is 0 Å². The molecule has 8 saturated carbocycles. The summed E-state index contributed by atoms with van der Waals surface area (Å²) in [5.41, 5.74) is 2.98. The summed E-state index contributed by atoms with van der Waals surface area (Å²) in [6, 6.07) is 21.8. The second-order valence-corrected chi connectivity index (χ2v) is 47.2. The van der Waals surface area contributed by atoms with Crippen molar-refractivity contribution < 1.29 is 83.4 Å². The fraction of sp³-hybridized carbons (Fsp3) is 0.592. The fourth-order valence-corrected chi connectivity index (χ4v) is 19.2. The van der Waals surface area contributed by atoms with Crippen LogP contribution in [0.25, 0.3) is 0 Å². The molecule has 0 saturated heterocycles. The molecule has 8 fully saturated rings. The Balaban J connectivity index is -0.000000289. The zero-order valence-corrected chi connectivity index (χ0v) is 90.9. The first-order chi connectivity index (χ1) is 52.5. The standard InChI is InChI=1S/2C17H20.2C12H16.C10H20.2C9H18.C9H16.8CH3.8ClH.4Zr/c2*1-2-6-14(7-3-1)10-11-16-13-12-15-8-4-5-9-17(15)16;2*1-2-5-10-8-9-11-6-3-4-7-12(10)11;1-3-4-5-10-7-6-9(2)8-10;3*1-2-3-6-9-7-4-5-8-9;;;;;;;;;;;;;;;;;;;;/h2*1-9,15-17H,10-13H2;2*2-4,6-7,10-12H,1,5,8-9H2;9-10H,3-8H2,1-2H3;2*9H,2-8H2,1H3;2,9H,1,3-8H2;8*1H3;8*1H;;;;/q;;;;;;;;8*-1;;;;;;;;;4*+4/p-8. The van der Waals surface area contributed by atoms with Crippen LogP contribution in [0, 0.1) is 160 Å². The molecule has 2 aromatic carbocycles. The van der Waals surface area contributed by atoms with Crippen LogP contribution in [0.2, 0.25) is 0 Å². The number of hydrogen-bond acceptors (Lipinski definition) is 0.